The molecule has 0 fully saturated rings. The summed E-state index contributed by atoms with van der Waals surface area (Å²) in [5.41, 5.74) is 5.69. The highest BCUT2D eigenvalue weighted by Gasteiger charge is 2.30. The molecule has 1 aliphatic carbocycles. The van der Waals surface area contributed by atoms with Crippen LogP contribution in [0, 0.1) is 5.92 Å². The third-order valence-corrected chi connectivity index (χ3v) is 9.29. The van der Waals surface area contributed by atoms with Crippen LogP contribution in [0.4, 0.5) is 5.00 Å². The quantitative estimate of drug-likeness (QED) is 0.232. The molecule has 5 rings (SSSR count). The summed E-state index contributed by atoms with van der Waals surface area (Å²) in [5, 5.41) is 4.39. The van der Waals surface area contributed by atoms with Crippen molar-refractivity contribution >= 4 is 55.0 Å². The number of methoxy groups -OCH3 is 1. The van der Waals surface area contributed by atoms with Crippen LogP contribution >= 0.6 is 27.3 Å². The van der Waals surface area contributed by atoms with Gasteiger partial charge in [-0.2, -0.15) is 0 Å². The van der Waals surface area contributed by atoms with E-state index in [2.05, 4.69) is 73.2 Å². The van der Waals surface area contributed by atoms with Crippen molar-refractivity contribution in [2.75, 3.05) is 12.4 Å². The van der Waals surface area contributed by atoms with Crippen molar-refractivity contribution < 1.29 is 14.3 Å². The van der Waals surface area contributed by atoms with Crippen molar-refractivity contribution in [3.8, 4) is 11.3 Å². The molecule has 2 heterocycles. The van der Waals surface area contributed by atoms with E-state index in [0.29, 0.717) is 22.0 Å². The molecule has 1 aliphatic rings. The number of pyridine rings is 1. The molecular weight excluding hydrogens is 572 g/mol. The van der Waals surface area contributed by atoms with E-state index >= 15 is 0 Å². The SMILES string of the molecule is CC[C@H]1CCc2c(sc(NC(=O)c3cc(-c4ccc(C(C)(C)C)cc4)nc4ccc(Br)cc34)c2C(=O)OC)C1. The molecule has 2 aromatic heterocycles. The molecule has 0 saturated heterocycles. The van der Waals surface area contributed by atoms with Crippen LogP contribution in [0.5, 0.6) is 0 Å². The number of rotatable bonds is 5. The first kappa shape index (κ1) is 27.5. The van der Waals surface area contributed by atoms with E-state index in [1.54, 1.807) is 0 Å². The zero-order chi connectivity index (χ0) is 27.9. The van der Waals surface area contributed by atoms with E-state index in [4.69, 9.17) is 9.72 Å². The first-order chi connectivity index (χ1) is 18.6. The molecular formula is C32H33BrN2O3S. The van der Waals surface area contributed by atoms with Gasteiger partial charge >= 0.3 is 5.97 Å². The Morgan fingerprint density at radius 3 is 2.54 bits per heavy atom. The predicted octanol–water partition coefficient (Wildman–Crippen LogP) is 8.58. The van der Waals surface area contributed by atoms with Crippen LogP contribution in [0.15, 0.2) is 53.0 Å². The summed E-state index contributed by atoms with van der Waals surface area (Å²) in [7, 11) is 1.39. The summed E-state index contributed by atoms with van der Waals surface area (Å²) in [6.45, 7) is 8.76. The molecule has 7 heteroatoms. The van der Waals surface area contributed by atoms with E-state index in [1.807, 2.05) is 24.3 Å². The second-order valence-electron chi connectivity index (χ2n) is 11.2. The van der Waals surface area contributed by atoms with Gasteiger partial charge < -0.3 is 10.1 Å². The van der Waals surface area contributed by atoms with Gasteiger partial charge in [0.25, 0.3) is 5.91 Å². The van der Waals surface area contributed by atoms with Crippen LogP contribution in [-0.4, -0.2) is 24.0 Å². The number of hydrogen-bond acceptors (Lipinski definition) is 5. The van der Waals surface area contributed by atoms with Crippen LogP contribution in [-0.2, 0) is 23.0 Å². The third-order valence-electron chi connectivity index (χ3n) is 7.62. The number of esters is 1. The second-order valence-corrected chi connectivity index (χ2v) is 13.2. The lowest BCUT2D eigenvalue weighted by molar-refractivity contribution is 0.0600. The van der Waals surface area contributed by atoms with Crippen LogP contribution < -0.4 is 5.32 Å². The number of aromatic nitrogens is 1. The number of carbonyl (C=O) groups is 2. The summed E-state index contributed by atoms with van der Waals surface area (Å²) in [6.07, 6.45) is 3.89. The fraction of sp³-hybridized carbons (Fsp3) is 0.344. The van der Waals surface area contributed by atoms with Gasteiger partial charge in [0.2, 0.25) is 0 Å². The first-order valence-electron chi connectivity index (χ1n) is 13.3. The van der Waals surface area contributed by atoms with E-state index in [-0.39, 0.29) is 11.3 Å². The van der Waals surface area contributed by atoms with Gasteiger partial charge in [-0.1, -0.05) is 74.3 Å². The Bertz CT molecular complexity index is 1570. The Morgan fingerprint density at radius 1 is 1.13 bits per heavy atom. The molecule has 4 aromatic rings. The van der Waals surface area contributed by atoms with Crippen LogP contribution in [0.2, 0.25) is 0 Å². The Morgan fingerprint density at radius 2 is 1.87 bits per heavy atom. The van der Waals surface area contributed by atoms with Gasteiger partial charge in [-0.3, -0.25) is 4.79 Å². The Kier molecular flexibility index (Phi) is 7.66. The first-order valence-corrected chi connectivity index (χ1v) is 15.0. The maximum atomic E-state index is 13.9. The normalized spacial score (nSPS) is 15.2. The average molecular weight is 606 g/mol. The molecule has 0 spiro atoms. The minimum atomic E-state index is -0.403. The third kappa shape index (κ3) is 5.52. The van der Waals surface area contributed by atoms with E-state index < -0.39 is 5.97 Å². The van der Waals surface area contributed by atoms with Gasteiger partial charge in [-0.25, -0.2) is 9.78 Å². The number of fused-ring (bicyclic) bond motifs is 2. The van der Waals surface area contributed by atoms with Crippen molar-refractivity contribution in [3.05, 3.63) is 80.1 Å². The van der Waals surface area contributed by atoms with Crippen molar-refractivity contribution in [1.82, 2.24) is 4.98 Å². The van der Waals surface area contributed by atoms with E-state index in [9.17, 15) is 9.59 Å². The molecule has 0 aliphatic heterocycles. The number of hydrogen-bond donors (Lipinski definition) is 1. The largest absolute Gasteiger partial charge is 0.465 e. The average Bonchev–Trinajstić information content (AvgIpc) is 3.28. The number of ether oxygens (including phenoxy) is 1. The van der Waals surface area contributed by atoms with Gasteiger partial charge in [0.05, 0.1) is 29.4 Å². The molecule has 202 valence electrons. The van der Waals surface area contributed by atoms with Gasteiger partial charge in [-0.15, -0.1) is 11.3 Å². The monoisotopic (exact) mass is 604 g/mol. The standard InChI is InChI=1S/C32H33BrN2O3S/c1-6-18-7-13-22-27(15-18)39-30(28(22)31(37)38-5)35-29(36)24-17-26(34-25-14-12-21(33)16-23(24)25)19-8-10-20(11-9-19)32(2,3)4/h8-12,14,16-18H,6-7,13,15H2,1-5H3,(H,35,36)/t18-/m0/s1. The van der Waals surface area contributed by atoms with E-state index in [0.717, 1.165) is 57.9 Å². The highest BCUT2D eigenvalue weighted by molar-refractivity contribution is 9.10. The molecule has 1 atom stereocenters. The molecule has 0 saturated carbocycles. The van der Waals surface area contributed by atoms with Gasteiger partial charge in [-0.05, 0) is 66.0 Å². The summed E-state index contributed by atoms with van der Waals surface area (Å²) < 4.78 is 6.00. The topological polar surface area (TPSA) is 68.3 Å². The predicted molar refractivity (Wildman–Crippen MR) is 163 cm³/mol. The van der Waals surface area contributed by atoms with Gasteiger partial charge in [0.15, 0.2) is 0 Å². The Labute approximate surface area is 242 Å². The minimum Gasteiger partial charge on any atom is -0.465 e. The van der Waals surface area contributed by atoms with Gasteiger partial charge in [0, 0.05) is 20.3 Å². The lowest BCUT2D eigenvalue weighted by atomic mass is 9.85. The number of thiophene rings is 1. The van der Waals surface area contributed by atoms with E-state index in [1.165, 1.54) is 28.9 Å². The summed E-state index contributed by atoms with van der Waals surface area (Å²) >= 11 is 5.05. The van der Waals surface area contributed by atoms with Crippen molar-refractivity contribution in [1.29, 1.82) is 0 Å². The molecule has 39 heavy (non-hydrogen) atoms. The van der Waals surface area contributed by atoms with Crippen molar-refractivity contribution in [2.24, 2.45) is 5.92 Å². The fourth-order valence-electron chi connectivity index (χ4n) is 5.25. The number of halogens is 1. The number of anilines is 1. The zero-order valence-corrected chi connectivity index (χ0v) is 25.4. The summed E-state index contributed by atoms with van der Waals surface area (Å²) in [5.74, 6) is -0.0810. The number of nitrogens with one attached hydrogen (secondary N) is 1. The molecule has 0 unspecified atom stereocenters. The highest BCUT2D eigenvalue weighted by atomic mass is 79.9. The van der Waals surface area contributed by atoms with Gasteiger partial charge in [0.1, 0.15) is 5.00 Å². The molecule has 2 aromatic carbocycles. The van der Waals surface area contributed by atoms with Crippen molar-refractivity contribution in [2.45, 2.75) is 58.8 Å². The van der Waals surface area contributed by atoms with Crippen molar-refractivity contribution in [3.63, 3.8) is 0 Å². The number of nitrogens with zero attached hydrogens (tertiary/aromatic N) is 1. The number of carbonyl (C=O) groups excluding carboxylic acids is 2. The smallest absolute Gasteiger partial charge is 0.341 e. The highest BCUT2D eigenvalue weighted by Crippen LogP contribution is 2.41. The maximum Gasteiger partial charge on any atom is 0.341 e. The molecule has 1 amide bonds. The molecule has 0 bridgehead atoms. The minimum absolute atomic E-state index is 0.0427. The maximum absolute atomic E-state index is 13.9. The Hall–Kier alpha value is -3.03. The summed E-state index contributed by atoms with van der Waals surface area (Å²) in [4.78, 5) is 32.8. The lowest BCUT2D eigenvalue weighted by Crippen LogP contribution is -2.17. The lowest BCUT2D eigenvalue weighted by Gasteiger charge is -2.20. The second kappa shape index (κ2) is 10.9. The van der Waals surface area contributed by atoms with Crippen LogP contribution in [0.3, 0.4) is 0 Å². The molecule has 1 N–H and O–H groups in total. The van der Waals surface area contributed by atoms with Crippen LogP contribution in [0.1, 0.15) is 77.3 Å². The molecule has 0 radical (unpaired) electrons. The fourth-order valence-corrected chi connectivity index (χ4v) is 6.96. The number of benzene rings is 2. The van der Waals surface area contributed by atoms with Crippen LogP contribution in [0.25, 0.3) is 22.2 Å². The molecule has 5 nitrogen and oxygen atoms in total. The zero-order valence-electron chi connectivity index (χ0n) is 23.0. The Balaban J connectivity index is 1.57. The summed E-state index contributed by atoms with van der Waals surface area (Å²) in [6, 6.07) is 15.9. The number of amides is 1.